The highest BCUT2D eigenvalue weighted by Gasteiger charge is 2.21. The second-order valence-electron chi connectivity index (χ2n) is 6.23. The van der Waals surface area contributed by atoms with E-state index in [4.69, 9.17) is 0 Å². The molecular weight excluding hydrogens is 300 g/mol. The molecule has 1 fully saturated rings. The average molecular weight is 324 g/mol. The fraction of sp³-hybridized carbons (Fsp3) is 0.368. The molecule has 126 valence electrons. The van der Waals surface area contributed by atoms with E-state index in [2.05, 4.69) is 41.2 Å². The molecule has 0 spiro atoms. The number of rotatable bonds is 4. The van der Waals surface area contributed by atoms with Crippen LogP contribution in [0.15, 0.2) is 42.6 Å². The Bertz CT molecular complexity index is 694. The maximum absolute atomic E-state index is 12.4. The minimum atomic E-state index is 0.149. The predicted octanol–water partition coefficient (Wildman–Crippen LogP) is 2.46. The number of anilines is 2. The van der Waals surface area contributed by atoms with E-state index in [0.717, 1.165) is 37.7 Å². The second-order valence-corrected chi connectivity index (χ2v) is 6.23. The first-order chi connectivity index (χ1) is 11.6. The first-order valence-electron chi connectivity index (χ1n) is 8.38. The van der Waals surface area contributed by atoms with Crippen LogP contribution in [0.5, 0.6) is 0 Å². The molecule has 0 saturated carbocycles. The maximum atomic E-state index is 12.4. The molecule has 0 bridgehead atoms. The van der Waals surface area contributed by atoms with Gasteiger partial charge in [0.15, 0.2) is 0 Å². The molecule has 1 aromatic heterocycles. The molecule has 1 amide bonds. The highest BCUT2D eigenvalue weighted by molar-refractivity contribution is 5.81. The van der Waals surface area contributed by atoms with Crippen LogP contribution in [0.4, 0.5) is 11.5 Å². The average Bonchev–Trinajstić information content (AvgIpc) is 2.62. The molecule has 5 heteroatoms. The molecule has 0 radical (unpaired) electrons. The molecule has 0 atom stereocenters. The lowest BCUT2D eigenvalue weighted by molar-refractivity contribution is -0.129. The van der Waals surface area contributed by atoms with E-state index in [0.29, 0.717) is 6.54 Å². The molecule has 1 saturated heterocycles. The van der Waals surface area contributed by atoms with Crippen molar-refractivity contribution in [2.45, 2.75) is 13.8 Å². The summed E-state index contributed by atoms with van der Waals surface area (Å²) in [5.74, 6) is 1.13. The zero-order chi connectivity index (χ0) is 16.9. The van der Waals surface area contributed by atoms with Gasteiger partial charge in [0.25, 0.3) is 0 Å². The number of carbonyl (C=O) groups is 1. The van der Waals surface area contributed by atoms with Crippen molar-refractivity contribution in [1.29, 1.82) is 0 Å². The van der Waals surface area contributed by atoms with E-state index < -0.39 is 0 Å². The zero-order valence-electron chi connectivity index (χ0n) is 14.3. The Kier molecular flexibility index (Phi) is 4.99. The summed E-state index contributed by atoms with van der Waals surface area (Å²) in [7, 11) is 0. The summed E-state index contributed by atoms with van der Waals surface area (Å²) in [5.41, 5.74) is 3.43. The van der Waals surface area contributed by atoms with Crippen LogP contribution in [0.3, 0.4) is 0 Å². The van der Waals surface area contributed by atoms with Crippen molar-refractivity contribution < 1.29 is 4.79 Å². The summed E-state index contributed by atoms with van der Waals surface area (Å²) in [4.78, 5) is 20.9. The van der Waals surface area contributed by atoms with E-state index in [-0.39, 0.29) is 5.91 Å². The number of aromatic nitrogens is 1. The Labute approximate surface area is 143 Å². The van der Waals surface area contributed by atoms with Crippen LogP contribution in [0, 0.1) is 13.8 Å². The van der Waals surface area contributed by atoms with Crippen LogP contribution in [-0.2, 0) is 4.79 Å². The number of aryl methyl sites for hydroxylation is 2. The summed E-state index contributed by atoms with van der Waals surface area (Å²) in [6.07, 6.45) is 1.81. The van der Waals surface area contributed by atoms with Crippen molar-refractivity contribution in [2.75, 3.05) is 42.9 Å². The number of hydrogen-bond acceptors (Lipinski definition) is 4. The van der Waals surface area contributed by atoms with E-state index in [1.165, 1.54) is 11.1 Å². The molecule has 1 N–H and O–H groups in total. The SMILES string of the molecule is Cc1ccc(NCC(=O)N2CCN(c3ccccn3)CC2)c(C)c1. The summed E-state index contributed by atoms with van der Waals surface area (Å²) >= 11 is 0. The number of hydrogen-bond donors (Lipinski definition) is 1. The van der Waals surface area contributed by atoms with Crippen LogP contribution >= 0.6 is 0 Å². The van der Waals surface area contributed by atoms with Gasteiger partial charge in [0.1, 0.15) is 5.82 Å². The predicted molar refractivity (Wildman–Crippen MR) is 97.4 cm³/mol. The summed E-state index contributed by atoms with van der Waals surface area (Å²) < 4.78 is 0. The van der Waals surface area contributed by atoms with Gasteiger partial charge in [0.05, 0.1) is 6.54 Å². The van der Waals surface area contributed by atoms with Gasteiger partial charge in [0.2, 0.25) is 5.91 Å². The summed E-state index contributed by atoms with van der Waals surface area (Å²) in [6, 6.07) is 12.1. The molecule has 3 rings (SSSR count). The highest BCUT2D eigenvalue weighted by atomic mass is 16.2. The van der Waals surface area contributed by atoms with Gasteiger partial charge in [0, 0.05) is 38.1 Å². The van der Waals surface area contributed by atoms with Crippen LogP contribution in [0.25, 0.3) is 0 Å². The lowest BCUT2D eigenvalue weighted by Gasteiger charge is -2.35. The van der Waals surface area contributed by atoms with Crippen molar-refractivity contribution in [3.05, 3.63) is 53.7 Å². The molecule has 5 nitrogen and oxygen atoms in total. The number of benzene rings is 1. The van der Waals surface area contributed by atoms with Crippen molar-refractivity contribution >= 4 is 17.4 Å². The molecule has 1 aliphatic heterocycles. The number of amides is 1. The molecular formula is C19H24N4O. The third-order valence-electron chi connectivity index (χ3n) is 4.42. The van der Waals surface area contributed by atoms with Crippen LogP contribution in [-0.4, -0.2) is 48.5 Å². The number of nitrogens with zero attached hydrogens (tertiary/aromatic N) is 3. The third-order valence-corrected chi connectivity index (χ3v) is 4.42. The lowest BCUT2D eigenvalue weighted by atomic mass is 10.1. The van der Waals surface area contributed by atoms with Gasteiger partial charge in [-0.1, -0.05) is 23.8 Å². The normalized spacial score (nSPS) is 14.6. The molecule has 1 aliphatic rings. The standard InChI is InChI=1S/C19H24N4O/c1-15-6-7-17(16(2)13-15)21-14-19(24)23-11-9-22(10-12-23)18-5-3-4-8-20-18/h3-8,13,21H,9-12,14H2,1-2H3. The molecule has 2 aromatic rings. The molecule has 1 aromatic carbocycles. The minimum Gasteiger partial charge on any atom is -0.376 e. The van der Waals surface area contributed by atoms with Gasteiger partial charge >= 0.3 is 0 Å². The van der Waals surface area contributed by atoms with Gasteiger partial charge < -0.3 is 15.1 Å². The second kappa shape index (κ2) is 7.34. The number of carbonyl (C=O) groups excluding carboxylic acids is 1. The van der Waals surface area contributed by atoms with E-state index in [9.17, 15) is 4.79 Å². The van der Waals surface area contributed by atoms with Crippen molar-refractivity contribution in [3.8, 4) is 0 Å². The van der Waals surface area contributed by atoms with Gasteiger partial charge in [-0.05, 0) is 37.6 Å². The van der Waals surface area contributed by atoms with Crippen molar-refractivity contribution in [3.63, 3.8) is 0 Å². The van der Waals surface area contributed by atoms with Crippen LogP contribution in [0.1, 0.15) is 11.1 Å². The molecule has 0 unspecified atom stereocenters. The fourth-order valence-electron chi connectivity index (χ4n) is 3.02. The molecule has 24 heavy (non-hydrogen) atoms. The molecule has 2 heterocycles. The highest BCUT2D eigenvalue weighted by Crippen LogP contribution is 2.16. The fourth-order valence-corrected chi connectivity index (χ4v) is 3.02. The van der Waals surface area contributed by atoms with Gasteiger partial charge in [-0.25, -0.2) is 4.98 Å². The number of nitrogens with one attached hydrogen (secondary N) is 1. The van der Waals surface area contributed by atoms with Gasteiger partial charge in [-0.2, -0.15) is 0 Å². The third kappa shape index (κ3) is 3.85. The van der Waals surface area contributed by atoms with Crippen molar-refractivity contribution in [1.82, 2.24) is 9.88 Å². The van der Waals surface area contributed by atoms with E-state index >= 15 is 0 Å². The first kappa shape index (κ1) is 16.3. The molecule has 0 aliphatic carbocycles. The number of pyridine rings is 1. The Morgan fingerprint density at radius 2 is 1.92 bits per heavy atom. The lowest BCUT2D eigenvalue weighted by Crippen LogP contribution is -2.50. The maximum Gasteiger partial charge on any atom is 0.241 e. The van der Waals surface area contributed by atoms with E-state index in [1.807, 2.05) is 29.2 Å². The Morgan fingerprint density at radius 1 is 1.12 bits per heavy atom. The Morgan fingerprint density at radius 3 is 2.58 bits per heavy atom. The minimum absolute atomic E-state index is 0.149. The quantitative estimate of drug-likeness (QED) is 0.938. The van der Waals surface area contributed by atoms with Gasteiger partial charge in [-0.15, -0.1) is 0 Å². The largest absolute Gasteiger partial charge is 0.376 e. The summed E-state index contributed by atoms with van der Waals surface area (Å²) in [5, 5.41) is 3.26. The number of piperazine rings is 1. The first-order valence-corrected chi connectivity index (χ1v) is 8.38. The van der Waals surface area contributed by atoms with E-state index in [1.54, 1.807) is 6.20 Å². The topological polar surface area (TPSA) is 48.5 Å². The summed E-state index contributed by atoms with van der Waals surface area (Å²) in [6.45, 7) is 7.61. The monoisotopic (exact) mass is 324 g/mol. The zero-order valence-corrected chi connectivity index (χ0v) is 14.3. The van der Waals surface area contributed by atoms with Gasteiger partial charge in [-0.3, -0.25) is 4.79 Å². The van der Waals surface area contributed by atoms with Crippen LogP contribution in [0.2, 0.25) is 0 Å². The van der Waals surface area contributed by atoms with Crippen molar-refractivity contribution in [2.24, 2.45) is 0 Å². The Hall–Kier alpha value is -2.56. The Balaban J connectivity index is 1.50. The smallest absolute Gasteiger partial charge is 0.241 e. The van der Waals surface area contributed by atoms with Crippen LogP contribution < -0.4 is 10.2 Å².